The van der Waals surface area contributed by atoms with Crippen LogP contribution in [-0.4, -0.2) is 28.0 Å². The SMILES string of the molecule is Cn1ncc2c1-c1c(Oc3ccc4c(c3)OCO4)sc(C(=O)NC(C)(C)C)c1CC2. The lowest BCUT2D eigenvalue weighted by molar-refractivity contribution is 0.0923. The summed E-state index contributed by atoms with van der Waals surface area (Å²) in [5.74, 6) is 1.93. The first-order valence-electron chi connectivity index (χ1n) is 9.87. The number of aryl methyl sites for hydroxylation is 2. The summed E-state index contributed by atoms with van der Waals surface area (Å²) < 4.78 is 19.0. The largest absolute Gasteiger partial charge is 0.454 e. The Bertz CT molecular complexity index is 1160. The van der Waals surface area contributed by atoms with E-state index in [0.29, 0.717) is 27.2 Å². The van der Waals surface area contributed by atoms with Crippen molar-refractivity contribution in [1.82, 2.24) is 15.1 Å². The van der Waals surface area contributed by atoms with E-state index in [-0.39, 0.29) is 18.2 Å². The van der Waals surface area contributed by atoms with Crippen LogP contribution in [0.3, 0.4) is 0 Å². The molecule has 2 aliphatic rings. The van der Waals surface area contributed by atoms with E-state index in [4.69, 9.17) is 14.2 Å². The van der Waals surface area contributed by atoms with Gasteiger partial charge in [0.1, 0.15) is 5.75 Å². The molecule has 3 heterocycles. The van der Waals surface area contributed by atoms with E-state index < -0.39 is 0 Å². The minimum Gasteiger partial charge on any atom is -0.454 e. The van der Waals surface area contributed by atoms with E-state index in [0.717, 1.165) is 29.7 Å². The van der Waals surface area contributed by atoms with Crippen molar-refractivity contribution in [1.29, 1.82) is 0 Å². The molecule has 1 N–H and O–H groups in total. The van der Waals surface area contributed by atoms with E-state index in [9.17, 15) is 4.79 Å². The van der Waals surface area contributed by atoms with Crippen LogP contribution in [0.25, 0.3) is 11.3 Å². The maximum Gasteiger partial charge on any atom is 0.262 e. The Labute approximate surface area is 178 Å². The maximum absolute atomic E-state index is 13.1. The number of benzene rings is 1. The number of nitrogens with zero attached hydrogens (tertiary/aromatic N) is 2. The molecule has 0 bridgehead atoms. The van der Waals surface area contributed by atoms with Crippen molar-refractivity contribution >= 4 is 17.2 Å². The van der Waals surface area contributed by atoms with Gasteiger partial charge >= 0.3 is 0 Å². The smallest absolute Gasteiger partial charge is 0.262 e. The lowest BCUT2D eigenvalue weighted by Crippen LogP contribution is -2.40. The number of fused-ring (bicyclic) bond motifs is 4. The minimum atomic E-state index is -0.321. The summed E-state index contributed by atoms with van der Waals surface area (Å²) in [6, 6.07) is 5.50. The fraction of sp³-hybridized carbons (Fsp3) is 0.364. The number of carbonyl (C=O) groups excluding carboxylic acids is 1. The Morgan fingerprint density at radius 1 is 1.23 bits per heavy atom. The fourth-order valence-electron chi connectivity index (χ4n) is 3.87. The number of carbonyl (C=O) groups is 1. The monoisotopic (exact) mass is 425 g/mol. The molecule has 0 spiro atoms. The zero-order chi connectivity index (χ0) is 21.0. The Hall–Kier alpha value is -3.00. The molecule has 7 nitrogen and oxygen atoms in total. The number of ether oxygens (including phenoxy) is 3. The fourth-order valence-corrected chi connectivity index (χ4v) is 4.98. The van der Waals surface area contributed by atoms with Gasteiger partial charge in [0.15, 0.2) is 16.6 Å². The van der Waals surface area contributed by atoms with Crippen molar-refractivity contribution in [3.63, 3.8) is 0 Å². The highest BCUT2D eigenvalue weighted by Crippen LogP contribution is 2.49. The first-order chi connectivity index (χ1) is 14.3. The summed E-state index contributed by atoms with van der Waals surface area (Å²) in [7, 11) is 1.92. The second kappa shape index (κ2) is 6.77. The van der Waals surface area contributed by atoms with Gasteiger partial charge < -0.3 is 19.5 Å². The molecule has 0 saturated heterocycles. The van der Waals surface area contributed by atoms with Crippen molar-refractivity contribution in [3.05, 3.63) is 40.4 Å². The molecule has 1 aliphatic carbocycles. The topological polar surface area (TPSA) is 74.6 Å². The molecular weight excluding hydrogens is 402 g/mol. The molecule has 5 rings (SSSR count). The van der Waals surface area contributed by atoms with Crippen LogP contribution in [-0.2, 0) is 19.9 Å². The molecule has 1 amide bonds. The van der Waals surface area contributed by atoms with Crippen molar-refractivity contribution < 1.29 is 19.0 Å². The van der Waals surface area contributed by atoms with E-state index in [1.165, 1.54) is 16.9 Å². The third-order valence-corrected chi connectivity index (χ3v) is 6.23. The van der Waals surface area contributed by atoms with Crippen LogP contribution < -0.4 is 19.5 Å². The minimum absolute atomic E-state index is 0.0742. The molecule has 0 atom stereocenters. The quantitative estimate of drug-likeness (QED) is 0.677. The molecule has 8 heteroatoms. The highest BCUT2D eigenvalue weighted by atomic mass is 32.1. The standard InChI is InChI=1S/C22H23N3O4S/c1-22(2,3)24-20(26)19-14-7-5-12-10-23-25(4)18(12)17(14)21(30-19)29-13-6-8-15-16(9-13)28-11-27-15/h6,8-10H,5,7,11H2,1-4H3,(H,24,26). The number of rotatable bonds is 3. The Balaban J connectivity index is 1.60. The van der Waals surface area contributed by atoms with E-state index in [1.807, 2.05) is 56.9 Å². The Morgan fingerprint density at radius 3 is 2.83 bits per heavy atom. The predicted octanol–water partition coefficient (Wildman–Crippen LogP) is 4.30. The van der Waals surface area contributed by atoms with Gasteiger partial charge in [-0.15, -0.1) is 0 Å². The molecule has 1 aliphatic heterocycles. The molecular formula is C22H23N3O4S. The summed E-state index contributed by atoms with van der Waals surface area (Å²) in [5.41, 5.74) is 3.84. The average molecular weight is 426 g/mol. The highest BCUT2D eigenvalue weighted by Gasteiger charge is 2.32. The number of hydrogen-bond donors (Lipinski definition) is 1. The van der Waals surface area contributed by atoms with Crippen LogP contribution in [0.1, 0.15) is 41.6 Å². The van der Waals surface area contributed by atoms with Crippen molar-refractivity contribution in [2.45, 2.75) is 39.2 Å². The number of hydrogen-bond acceptors (Lipinski definition) is 6. The van der Waals surface area contributed by atoms with Crippen LogP contribution in [0, 0.1) is 0 Å². The lowest BCUT2D eigenvalue weighted by atomic mass is 9.91. The highest BCUT2D eigenvalue weighted by molar-refractivity contribution is 7.16. The van der Waals surface area contributed by atoms with Crippen molar-refractivity contribution in [3.8, 4) is 33.6 Å². The maximum atomic E-state index is 13.1. The molecule has 0 radical (unpaired) electrons. The van der Waals surface area contributed by atoms with E-state index >= 15 is 0 Å². The van der Waals surface area contributed by atoms with Crippen LogP contribution in [0.15, 0.2) is 24.4 Å². The zero-order valence-electron chi connectivity index (χ0n) is 17.4. The van der Waals surface area contributed by atoms with E-state index in [1.54, 1.807) is 0 Å². The summed E-state index contributed by atoms with van der Waals surface area (Å²) in [4.78, 5) is 13.8. The van der Waals surface area contributed by atoms with Crippen LogP contribution >= 0.6 is 11.3 Å². The molecule has 0 unspecified atom stereocenters. The molecule has 30 heavy (non-hydrogen) atoms. The van der Waals surface area contributed by atoms with Crippen LogP contribution in [0.4, 0.5) is 0 Å². The number of thiophene rings is 1. The third-order valence-electron chi connectivity index (χ3n) is 5.12. The molecule has 0 saturated carbocycles. The summed E-state index contributed by atoms with van der Waals surface area (Å²) in [5, 5.41) is 8.21. The third kappa shape index (κ3) is 3.21. The van der Waals surface area contributed by atoms with Gasteiger partial charge in [-0.25, -0.2) is 0 Å². The molecule has 3 aromatic rings. The molecule has 1 aromatic carbocycles. The number of nitrogens with one attached hydrogen (secondary N) is 1. The van der Waals surface area contributed by atoms with Crippen LogP contribution in [0.5, 0.6) is 22.3 Å². The van der Waals surface area contributed by atoms with Gasteiger partial charge in [0, 0.05) is 18.7 Å². The normalized spacial score (nSPS) is 14.3. The summed E-state index contributed by atoms with van der Waals surface area (Å²) in [6.07, 6.45) is 3.53. The van der Waals surface area contributed by atoms with Gasteiger partial charge in [-0.1, -0.05) is 11.3 Å². The molecule has 0 fully saturated rings. The zero-order valence-corrected chi connectivity index (χ0v) is 18.2. The van der Waals surface area contributed by atoms with E-state index in [2.05, 4.69) is 10.4 Å². The van der Waals surface area contributed by atoms with Gasteiger partial charge in [0.25, 0.3) is 5.91 Å². The van der Waals surface area contributed by atoms with Gasteiger partial charge in [0.2, 0.25) is 6.79 Å². The van der Waals surface area contributed by atoms with Crippen LogP contribution in [0.2, 0.25) is 0 Å². The number of aromatic nitrogens is 2. The first kappa shape index (κ1) is 19.0. The Kier molecular flexibility index (Phi) is 4.28. The second-order valence-corrected chi connectivity index (χ2v) is 9.52. The first-order valence-corrected chi connectivity index (χ1v) is 10.7. The second-order valence-electron chi connectivity index (χ2n) is 8.54. The molecule has 156 valence electrons. The number of amides is 1. The molecule has 2 aromatic heterocycles. The van der Waals surface area contributed by atoms with Gasteiger partial charge in [-0.2, -0.15) is 5.10 Å². The summed E-state index contributed by atoms with van der Waals surface area (Å²) in [6.45, 7) is 6.15. The van der Waals surface area contributed by atoms with Crippen molar-refractivity contribution in [2.24, 2.45) is 7.05 Å². The van der Waals surface area contributed by atoms with Gasteiger partial charge in [-0.3, -0.25) is 9.48 Å². The lowest BCUT2D eigenvalue weighted by Gasteiger charge is -2.21. The summed E-state index contributed by atoms with van der Waals surface area (Å²) >= 11 is 1.38. The Morgan fingerprint density at radius 2 is 2.03 bits per heavy atom. The van der Waals surface area contributed by atoms with Gasteiger partial charge in [0.05, 0.1) is 22.3 Å². The van der Waals surface area contributed by atoms with Gasteiger partial charge in [-0.05, 0) is 56.9 Å². The van der Waals surface area contributed by atoms with Crippen molar-refractivity contribution in [2.75, 3.05) is 6.79 Å². The predicted molar refractivity (Wildman–Crippen MR) is 114 cm³/mol. The average Bonchev–Trinajstić information content (AvgIpc) is 3.37.